The first-order valence-corrected chi connectivity index (χ1v) is 10.0. The predicted octanol–water partition coefficient (Wildman–Crippen LogP) is 5.79. The second-order valence-corrected chi connectivity index (χ2v) is 7.58. The summed E-state index contributed by atoms with van der Waals surface area (Å²) in [6.07, 6.45) is 0. The zero-order chi connectivity index (χ0) is 22.8. The van der Waals surface area contributed by atoms with Crippen molar-refractivity contribution in [2.45, 2.75) is 19.8 Å². The maximum absolute atomic E-state index is 12.5. The molecule has 8 nitrogen and oxygen atoms in total. The van der Waals surface area contributed by atoms with Gasteiger partial charge in [-0.3, -0.25) is 14.9 Å². The first-order chi connectivity index (χ1) is 15.4. The molecule has 4 aromatic rings. The molecule has 0 radical (unpaired) electrons. The minimum atomic E-state index is -0.588. The molecule has 1 N–H and O–H groups in total. The van der Waals surface area contributed by atoms with E-state index in [1.165, 1.54) is 30.9 Å². The van der Waals surface area contributed by atoms with Crippen LogP contribution >= 0.6 is 0 Å². The molecule has 0 aliphatic carbocycles. The van der Waals surface area contributed by atoms with Crippen molar-refractivity contribution < 1.29 is 18.9 Å². The standard InChI is InChI=1S/C24H21N3O5/c1-14(2)16-6-10-21-19(12-16)26-24(32-21)15-4-8-18(9-5-15)25-23(28)17-7-11-22(31-3)20(13-17)27(29)30/h4-14H,1-3H3,(H,25,28). The maximum atomic E-state index is 12.5. The first kappa shape index (κ1) is 21.0. The number of oxazole rings is 1. The number of hydrogen-bond donors (Lipinski definition) is 1. The molecule has 8 heteroatoms. The molecule has 1 aromatic heterocycles. The lowest BCUT2D eigenvalue weighted by Crippen LogP contribution is -2.12. The van der Waals surface area contributed by atoms with Gasteiger partial charge in [-0.15, -0.1) is 0 Å². The summed E-state index contributed by atoms with van der Waals surface area (Å²) < 4.78 is 10.8. The van der Waals surface area contributed by atoms with Crippen LogP contribution in [0.4, 0.5) is 11.4 Å². The largest absolute Gasteiger partial charge is 0.490 e. The number of carbonyl (C=O) groups excluding carboxylic acids is 1. The SMILES string of the molecule is COc1ccc(C(=O)Nc2ccc(-c3nc4cc(C(C)C)ccc4o3)cc2)cc1[N+](=O)[O-]. The Morgan fingerprint density at radius 1 is 1.09 bits per heavy atom. The molecule has 4 rings (SSSR count). The van der Waals surface area contributed by atoms with Crippen molar-refractivity contribution in [1.29, 1.82) is 0 Å². The molecule has 0 aliphatic heterocycles. The van der Waals surface area contributed by atoms with Crippen molar-refractivity contribution in [3.8, 4) is 17.2 Å². The van der Waals surface area contributed by atoms with Gasteiger partial charge in [0.05, 0.1) is 12.0 Å². The Kier molecular flexibility index (Phi) is 5.59. The van der Waals surface area contributed by atoms with Gasteiger partial charge in [0.1, 0.15) is 5.52 Å². The number of hydrogen-bond acceptors (Lipinski definition) is 6. The van der Waals surface area contributed by atoms with E-state index in [-0.39, 0.29) is 17.0 Å². The van der Waals surface area contributed by atoms with Gasteiger partial charge in [0.25, 0.3) is 5.91 Å². The first-order valence-electron chi connectivity index (χ1n) is 10.0. The molecule has 3 aromatic carbocycles. The van der Waals surface area contributed by atoms with E-state index < -0.39 is 10.8 Å². The topological polar surface area (TPSA) is 108 Å². The average Bonchev–Trinajstić information content (AvgIpc) is 3.22. The average molecular weight is 431 g/mol. The number of fused-ring (bicyclic) bond motifs is 1. The van der Waals surface area contributed by atoms with Crippen LogP contribution in [-0.4, -0.2) is 22.9 Å². The van der Waals surface area contributed by atoms with Crippen LogP contribution in [0.5, 0.6) is 5.75 Å². The number of methoxy groups -OCH3 is 1. The molecule has 0 aliphatic rings. The molecule has 1 heterocycles. The van der Waals surface area contributed by atoms with Crippen LogP contribution in [0.15, 0.2) is 65.1 Å². The molecular formula is C24H21N3O5. The highest BCUT2D eigenvalue weighted by atomic mass is 16.6. The molecule has 0 spiro atoms. The highest BCUT2D eigenvalue weighted by molar-refractivity contribution is 6.05. The van der Waals surface area contributed by atoms with E-state index in [9.17, 15) is 14.9 Å². The number of nitro groups is 1. The summed E-state index contributed by atoms with van der Waals surface area (Å²) in [4.78, 5) is 27.7. The molecule has 32 heavy (non-hydrogen) atoms. The van der Waals surface area contributed by atoms with Gasteiger partial charge in [0, 0.05) is 22.9 Å². The minimum Gasteiger partial charge on any atom is -0.490 e. The number of carbonyl (C=O) groups is 1. The molecule has 1 amide bonds. The summed E-state index contributed by atoms with van der Waals surface area (Å²) in [5.41, 5.74) is 3.89. The highest BCUT2D eigenvalue weighted by Crippen LogP contribution is 2.29. The van der Waals surface area contributed by atoms with Gasteiger partial charge in [-0.1, -0.05) is 19.9 Å². The Balaban J connectivity index is 1.53. The third-order valence-electron chi connectivity index (χ3n) is 5.11. The van der Waals surface area contributed by atoms with Gasteiger partial charge in [-0.05, 0) is 60.0 Å². The number of benzene rings is 3. The van der Waals surface area contributed by atoms with Gasteiger partial charge >= 0.3 is 5.69 Å². The molecule has 0 fully saturated rings. The van der Waals surface area contributed by atoms with Crippen LogP contribution < -0.4 is 10.1 Å². The lowest BCUT2D eigenvalue weighted by Gasteiger charge is -2.07. The molecule has 0 unspecified atom stereocenters. The lowest BCUT2D eigenvalue weighted by atomic mass is 10.0. The van der Waals surface area contributed by atoms with E-state index in [0.29, 0.717) is 23.1 Å². The van der Waals surface area contributed by atoms with Crippen LogP contribution in [0.3, 0.4) is 0 Å². The fourth-order valence-corrected chi connectivity index (χ4v) is 3.30. The number of nitro benzene ring substituents is 1. The third kappa shape index (κ3) is 4.15. The number of aromatic nitrogens is 1. The van der Waals surface area contributed by atoms with Crippen LogP contribution in [0, 0.1) is 10.1 Å². The normalized spacial score (nSPS) is 11.0. The van der Waals surface area contributed by atoms with Crippen molar-refractivity contribution in [2.75, 3.05) is 12.4 Å². The maximum Gasteiger partial charge on any atom is 0.311 e. The van der Waals surface area contributed by atoms with Crippen molar-refractivity contribution in [2.24, 2.45) is 0 Å². The number of amides is 1. The third-order valence-corrected chi connectivity index (χ3v) is 5.11. The summed E-state index contributed by atoms with van der Waals surface area (Å²) in [5.74, 6) is 0.514. The molecule has 162 valence electrons. The molecule has 0 atom stereocenters. The van der Waals surface area contributed by atoms with Crippen molar-refractivity contribution in [3.63, 3.8) is 0 Å². The summed E-state index contributed by atoms with van der Waals surface area (Å²) in [6.45, 7) is 4.25. The van der Waals surface area contributed by atoms with Gasteiger partial charge in [0.15, 0.2) is 11.3 Å². The number of ether oxygens (including phenoxy) is 1. The highest BCUT2D eigenvalue weighted by Gasteiger charge is 2.18. The Bertz CT molecular complexity index is 1310. The fourth-order valence-electron chi connectivity index (χ4n) is 3.30. The number of nitrogens with one attached hydrogen (secondary N) is 1. The Morgan fingerprint density at radius 2 is 1.84 bits per heavy atom. The van der Waals surface area contributed by atoms with Gasteiger partial charge in [0.2, 0.25) is 5.89 Å². The summed E-state index contributed by atoms with van der Waals surface area (Å²) in [5, 5.41) is 13.9. The number of nitrogens with zero attached hydrogens (tertiary/aromatic N) is 2. The fraction of sp³-hybridized carbons (Fsp3) is 0.167. The van der Waals surface area contributed by atoms with E-state index in [1.807, 2.05) is 18.2 Å². The quantitative estimate of drug-likeness (QED) is 0.306. The smallest absolute Gasteiger partial charge is 0.311 e. The summed E-state index contributed by atoms with van der Waals surface area (Å²) in [6, 6.07) is 17.1. The molecule has 0 saturated carbocycles. The second-order valence-electron chi connectivity index (χ2n) is 7.58. The van der Waals surface area contributed by atoms with E-state index in [2.05, 4.69) is 24.1 Å². The molecule has 0 saturated heterocycles. The minimum absolute atomic E-state index is 0.0924. The van der Waals surface area contributed by atoms with E-state index in [0.717, 1.165) is 11.1 Å². The van der Waals surface area contributed by atoms with Crippen molar-refractivity contribution in [1.82, 2.24) is 4.98 Å². The van der Waals surface area contributed by atoms with Crippen LogP contribution in [0.2, 0.25) is 0 Å². The molecule has 0 bridgehead atoms. The van der Waals surface area contributed by atoms with E-state index in [4.69, 9.17) is 9.15 Å². The predicted molar refractivity (Wildman–Crippen MR) is 121 cm³/mol. The Hall–Kier alpha value is -4.20. The van der Waals surface area contributed by atoms with Crippen LogP contribution in [0.1, 0.15) is 35.7 Å². The number of anilines is 1. The Labute approximate surface area is 184 Å². The van der Waals surface area contributed by atoms with Crippen molar-refractivity contribution >= 4 is 28.4 Å². The zero-order valence-corrected chi connectivity index (χ0v) is 17.8. The van der Waals surface area contributed by atoms with Gasteiger partial charge in [-0.25, -0.2) is 4.98 Å². The Morgan fingerprint density at radius 3 is 2.50 bits per heavy atom. The lowest BCUT2D eigenvalue weighted by molar-refractivity contribution is -0.385. The summed E-state index contributed by atoms with van der Waals surface area (Å²) in [7, 11) is 1.34. The zero-order valence-electron chi connectivity index (χ0n) is 17.8. The van der Waals surface area contributed by atoms with Crippen LogP contribution in [-0.2, 0) is 0 Å². The van der Waals surface area contributed by atoms with Crippen LogP contribution in [0.25, 0.3) is 22.6 Å². The molecular weight excluding hydrogens is 410 g/mol. The van der Waals surface area contributed by atoms with Gasteiger partial charge in [-0.2, -0.15) is 0 Å². The summed E-state index contributed by atoms with van der Waals surface area (Å²) >= 11 is 0. The van der Waals surface area contributed by atoms with Crippen molar-refractivity contribution in [3.05, 3.63) is 81.9 Å². The van der Waals surface area contributed by atoms with E-state index in [1.54, 1.807) is 24.3 Å². The van der Waals surface area contributed by atoms with Gasteiger partial charge < -0.3 is 14.5 Å². The van der Waals surface area contributed by atoms with E-state index >= 15 is 0 Å². The second kappa shape index (κ2) is 8.50. The monoisotopic (exact) mass is 431 g/mol. The number of rotatable bonds is 6.